The number of thioether (sulfide) groups is 1. The molecule has 7 heteroatoms. The molecular formula is C14H18N4O2S. The molecule has 2 aromatic heterocycles. The van der Waals surface area contributed by atoms with Crippen molar-refractivity contribution in [3.8, 4) is 11.4 Å². The highest BCUT2D eigenvalue weighted by Crippen LogP contribution is 2.24. The summed E-state index contributed by atoms with van der Waals surface area (Å²) in [5.41, 5.74) is 0.967. The molecule has 0 aromatic carbocycles. The number of hydrogen-bond donors (Lipinski definition) is 0. The zero-order valence-corrected chi connectivity index (χ0v) is 13.0. The topological polar surface area (TPSA) is 69.9 Å². The first-order chi connectivity index (χ1) is 10.3. The Bertz CT molecular complexity index is 586. The van der Waals surface area contributed by atoms with Gasteiger partial charge in [0.1, 0.15) is 0 Å². The lowest BCUT2D eigenvalue weighted by Crippen LogP contribution is -2.08. The van der Waals surface area contributed by atoms with Crippen molar-refractivity contribution in [2.75, 3.05) is 12.4 Å². The number of aromatic nitrogens is 4. The third kappa shape index (κ3) is 4.04. The molecule has 0 bridgehead atoms. The number of carbonyl (C=O) groups excluding carboxylic acids is 1. The first kappa shape index (κ1) is 15.5. The Morgan fingerprint density at radius 1 is 1.29 bits per heavy atom. The fraction of sp³-hybridized carbons (Fsp3) is 0.429. The molecule has 0 aliphatic rings. The maximum absolute atomic E-state index is 11.5. The highest BCUT2D eigenvalue weighted by Gasteiger charge is 2.15. The van der Waals surface area contributed by atoms with E-state index in [0.717, 1.165) is 29.5 Å². The number of pyridine rings is 1. The summed E-state index contributed by atoms with van der Waals surface area (Å²) in [7, 11) is 0. The molecule has 2 rings (SSSR count). The summed E-state index contributed by atoms with van der Waals surface area (Å²) < 4.78 is 6.96. The van der Waals surface area contributed by atoms with Crippen molar-refractivity contribution >= 4 is 17.7 Å². The summed E-state index contributed by atoms with van der Waals surface area (Å²) in [6.45, 7) is 5.08. The van der Waals surface area contributed by atoms with Crippen LogP contribution in [-0.4, -0.2) is 38.1 Å². The average molecular weight is 306 g/mol. The monoisotopic (exact) mass is 306 g/mol. The van der Waals surface area contributed by atoms with E-state index < -0.39 is 0 Å². The predicted octanol–water partition coefficient (Wildman–Crippen LogP) is 2.41. The smallest absolute Gasteiger partial charge is 0.316 e. The van der Waals surface area contributed by atoms with Crippen LogP contribution in [0.5, 0.6) is 0 Å². The van der Waals surface area contributed by atoms with Crippen molar-refractivity contribution in [1.82, 2.24) is 19.7 Å². The molecule has 0 aliphatic heterocycles. The van der Waals surface area contributed by atoms with E-state index in [0.29, 0.717) is 6.61 Å². The van der Waals surface area contributed by atoms with Gasteiger partial charge in [-0.05, 0) is 25.5 Å². The molecule has 0 fully saturated rings. The molecule has 112 valence electrons. The second-order valence-corrected chi connectivity index (χ2v) is 5.23. The summed E-state index contributed by atoms with van der Waals surface area (Å²) >= 11 is 1.35. The Morgan fingerprint density at radius 3 is 2.71 bits per heavy atom. The highest BCUT2D eigenvalue weighted by atomic mass is 32.2. The highest BCUT2D eigenvalue weighted by molar-refractivity contribution is 7.99. The standard InChI is InChI=1S/C14H18N4O2S/c1-3-9-18-13(11-5-7-15-8-6-11)16-17-14(18)21-10-12(19)20-4-2/h5-8H,3-4,9-10H2,1-2H3. The SMILES string of the molecule is CCCn1c(SCC(=O)OCC)nnc1-c1ccncc1. The Labute approximate surface area is 127 Å². The normalized spacial score (nSPS) is 10.6. The number of hydrogen-bond acceptors (Lipinski definition) is 6. The Kier molecular flexibility index (Phi) is 5.74. The molecule has 0 saturated carbocycles. The summed E-state index contributed by atoms with van der Waals surface area (Å²) in [5.74, 6) is 0.802. The van der Waals surface area contributed by atoms with E-state index in [9.17, 15) is 4.79 Å². The fourth-order valence-electron chi connectivity index (χ4n) is 1.86. The Hall–Kier alpha value is -1.89. The number of ether oxygens (including phenoxy) is 1. The van der Waals surface area contributed by atoms with Gasteiger partial charge in [-0.1, -0.05) is 18.7 Å². The maximum Gasteiger partial charge on any atom is 0.316 e. The zero-order valence-electron chi connectivity index (χ0n) is 12.2. The van der Waals surface area contributed by atoms with Gasteiger partial charge in [-0.25, -0.2) is 0 Å². The first-order valence-electron chi connectivity index (χ1n) is 6.88. The van der Waals surface area contributed by atoms with E-state index in [4.69, 9.17) is 4.74 Å². The minimum absolute atomic E-state index is 0.237. The number of rotatable bonds is 7. The molecule has 21 heavy (non-hydrogen) atoms. The molecular weight excluding hydrogens is 288 g/mol. The van der Waals surface area contributed by atoms with Crippen LogP contribution in [0.4, 0.5) is 0 Å². The van der Waals surface area contributed by atoms with Gasteiger partial charge in [0.2, 0.25) is 0 Å². The lowest BCUT2D eigenvalue weighted by molar-refractivity contribution is -0.139. The summed E-state index contributed by atoms with van der Waals surface area (Å²) in [5, 5.41) is 9.17. The minimum atomic E-state index is -0.237. The lowest BCUT2D eigenvalue weighted by atomic mass is 10.2. The minimum Gasteiger partial charge on any atom is -0.465 e. The van der Waals surface area contributed by atoms with E-state index in [2.05, 4.69) is 22.1 Å². The van der Waals surface area contributed by atoms with Gasteiger partial charge in [-0.2, -0.15) is 0 Å². The van der Waals surface area contributed by atoms with Crippen LogP contribution in [0, 0.1) is 0 Å². The molecule has 0 atom stereocenters. The number of esters is 1. The Balaban J connectivity index is 2.19. The quantitative estimate of drug-likeness (QED) is 0.578. The van der Waals surface area contributed by atoms with Crippen LogP contribution in [-0.2, 0) is 16.1 Å². The van der Waals surface area contributed by atoms with Gasteiger partial charge in [0.05, 0.1) is 12.4 Å². The summed E-state index contributed by atoms with van der Waals surface area (Å²) in [6.07, 6.45) is 4.42. The molecule has 2 heterocycles. The molecule has 0 amide bonds. The van der Waals surface area contributed by atoms with Crippen molar-refractivity contribution in [2.45, 2.75) is 32.0 Å². The van der Waals surface area contributed by atoms with Crippen molar-refractivity contribution in [1.29, 1.82) is 0 Å². The van der Waals surface area contributed by atoms with Crippen molar-refractivity contribution < 1.29 is 9.53 Å². The second kappa shape index (κ2) is 7.78. The van der Waals surface area contributed by atoms with Crippen LogP contribution in [0.15, 0.2) is 29.7 Å². The van der Waals surface area contributed by atoms with Gasteiger partial charge >= 0.3 is 5.97 Å². The first-order valence-corrected chi connectivity index (χ1v) is 7.86. The Morgan fingerprint density at radius 2 is 2.05 bits per heavy atom. The van der Waals surface area contributed by atoms with Crippen LogP contribution in [0.3, 0.4) is 0 Å². The van der Waals surface area contributed by atoms with Gasteiger partial charge in [0, 0.05) is 24.5 Å². The van der Waals surface area contributed by atoms with Gasteiger partial charge in [0.15, 0.2) is 11.0 Å². The second-order valence-electron chi connectivity index (χ2n) is 4.29. The van der Waals surface area contributed by atoms with Crippen LogP contribution in [0.25, 0.3) is 11.4 Å². The lowest BCUT2D eigenvalue weighted by Gasteiger charge is -2.08. The van der Waals surface area contributed by atoms with Crippen LogP contribution >= 0.6 is 11.8 Å². The molecule has 2 aromatic rings. The third-order valence-corrected chi connectivity index (χ3v) is 3.67. The van der Waals surface area contributed by atoms with E-state index in [1.807, 2.05) is 16.7 Å². The molecule has 0 N–H and O–H groups in total. The van der Waals surface area contributed by atoms with Crippen LogP contribution < -0.4 is 0 Å². The molecule has 0 unspecified atom stereocenters. The molecule has 0 radical (unpaired) electrons. The third-order valence-electron chi connectivity index (χ3n) is 2.73. The van der Waals surface area contributed by atoms with Crippen molar-refractivity contribution in [2.24, 2.45) is 0 Å². The van der Waals surface area contributed by atoms with Gasteiger partial charge < -0.3 is 9.30 Å². The average Bonchev–Trinajstić information content (AvgIpc) is 2.90. The molecule has 0 aliphatic carbocycles. The summed E-state index contributed by atoms with van der Waals surface area (Å²) in [4.78, 5) is 15.5. The van der Waals surface area contributed by atoms with Gasteiger partial charge in [0.25, 0.3) is 0 Å². The summed E-state index contributed by atoms with van der Waals surface area (Å²) in [6, 6.07) is 3.80. The van der Waals surface area contributed by atoms with E-state index in [1.54, 1.807) is 19.3 Å². The molecule has 0 saturated heterocycles. The van der Waals surface area contributed by atoms with E-state index >= 15 is 0 Å². The van der Waals surface area contributed by atoms with Crippen molar-refractivity contribution in [3.63, 3.8) is 0 Å². The van der Waals surface area contributed by atoms with Crippen LogP contribution in [0.2, 0.25) is 0 Å². The van der Waals surface area contributed by atoms with Gasteiger partial charge in [-0.3, -0.25) is 9.78 Å². The predicted molar refractivity (Wildman–Crippen MR) is 80.9 cm³/mol. The van der Waals surface area contributed by atoms with E-state index in [-0.39, 0.29) is 11.7 Å². The number of nitrogens with zero attached hydrogens (tertiary/aromatic N) is 4. The molecule has 0 spiro atoms. The van der Waals surface area contributed by atoms with Crippen molar-refractivity contribution in [3.05, 3.63) is 24.5 Å². The zero-order chi connectivity index (χ0) is 15.1. The molecule has 6 nitrogen and oxygen atoms in total. The maximum atomic E-state index is 11.5. The fourth-order valence-corrected chi connectivity index (χ4v) is 2.62. The number of carbonyl (C=O) groups is 1. The largest absolute Gasteiger partial charge is 0.465 e. The van der Waals surface area contributed by atoms with Crippen LogP contribution in [0.1, 0.15) is 20.3 Å². The van der Waals surface area contributed by atoms with E-state index in [1.165, 1.54) is 11.8 Å². The van der Waals surface area contributed by atoms with Gasteiger partial charge in [-0.15, -0.1) is 10.2 Å².